The number of benzene rings is 1. The highest BCUT2D eigenvalue weighted by Crippen LogP contribution is 2.66. The lowest BCUT2D eigenvalue weighted by Crippen LogP contribution is -2.54. The molecule has 4 saturated heterocycles. The van der Waals surface area contributed by atoms with Crippen LogP contribution in [0.2, 0.25) is 0 Å². The first-order valence-corrected chi connectivity index (χ1v) is 29.9. The van der Waals surface area contributed by atoms with Crippen LogP contribution in [0.1, 0.15) is 190 Å². The highest BCUT2D eigenvalue weighted by atomic mass is 16.6. The molecule has 8 fully saturated rings. The number of hydrogen-bond donors (Lipinski definition) is 1. The van der Waals surface area contributed by atoms with Gasteiger partial charge in [-0.05, 0) is 206 Å². The minimum absolute atomic E-state index is 0.0458. The lowest BCUT2D eigenvalue weighted by molar-refractivity contribution is -0.116. The zero-order valence-electron chi connectivity index (χ0n) is 46.0. The minimum Gasteiger partial charge on any atom is -0.445 e. The summed E-state index contributed by atoms with van der Waals surface area (Å²) in [5.41, 5.74) is 11.7. The first-order chi connectivity index (χ1) is 34.5. The van der Waals surface area contributed by atoms with Gasteiger partial charge in [0.1, 0.15) is 6.61 Å². The predicted octanol–water partition coefficient (Wildman–Crippen LogP) is 14.5. The number of nitrogens with zero attached hydrogens (tertiary/aromatic N) is 1. The van der Waals surface area contributed by atoms with Gasteiger partial charge in [-0.25, -0.2) is 4.79 Å². The Morgan fingerprint density at radius 2 is 1.39 bits per heavy atom. The molecule has 2 spiro atoms. The Hall–Kier alpha value is -3.00. The fourth-order valence-electron chi connectivity index (χ4n) is 19.8. The van der Waals surface area contributed by atoms with Crippen molar-refractivity contribution in [1.29, 1.82) is 0 Å². The highest BCUT2D eigenvalue weighted by Gasteiger charge is 2.62. The molecule has 1 N–H and O–H groups in total. The molecule has 7 nitrogen and oxygen atoms in total. The molecule has 8 aliphatic carbocycles. The molecule has 72 heavy (non-hydrogen) atoms. The van der Waals surface area contributed by atoms with Crippen LogP contribution in [0.25, 0.3) is 0 Å². The molecule has 13 rings (SSSR count). The SMILES string of the molecule is CC1=C2C[C@H]3[C@@H](CC=C4C[C@@H](C)CC[C@@]43C)[C@@H]2CC[C@@]2(C1)O[C@@H]1C[C@H](C)CN(C(=O)OCc3ccccc3)[C@H]1[C@H]2C.CC1=C2C[C@H]3[C@@H](CCC4=CC(=O)CC[C@@]43C)[C@@H]2CC[C@@]2(C1)O[C@@H]1CC[C@@H](C)N[C@H]1[C@H]2C. The zero-order chi connectivity index (χ0) is 50.1. The smallest absolute Gasteiger partial charge is 0.410 e. The summed E-state index contributed by atoms with van der Waals surface area (Å²) in [7, 11) is 0. The van der Waals surface area contributed by atoms with Crippen molar-refractivity contribution in [1.82, 2.24) is 10.2 Å². The number of ether oxygens (including phenoxy) is 3. The summed E-state index contributed by atoms with van der Waals surface area (Å²) >= 11 is 0. The van der Waals surface area contributed by atoms with Gasteiger partial charge >= 0.3 is 6.09 Å². The molecule has 0 radical (unpaired) electrons. The quantitative estimate of drug-likeness (QED) is 0.298. The number of fused-ring (bicyclic) bond motifs is 12. The van der Waals surface area contributed by atoms with Crippen LogP contribution in [0.15, 0.2) is 75.9 Å². The number of ketones is 1. The predicted molar refractivity (Wildman–Crippen MR) is 287 cm³/mol. The van der Waals surface area contributed by atoms with E-state index in [0.29, 0.717) is 59.7 Å². The number of piperidine rings is 2. The second-order valence-corrected chi connectivity index (χ2v) is 27.7. The highest BCUT2D eigenvalue weighted by molar-refractivity contribution is 5.91. The van der Waals surface area contributed by atoms with E-state index in [2.05, 4.69) is 73.7 Å². The topological polar surface area (TPSA) is 77.1 Å². The molecule has 4 heterocycles. The van der Waals surface area contributed by atoms with E-state index >= 15 is 0 Å². The van der Waals surface area contributed by atoms with Gasteiger partial charge in [0.15, 0.2) is 5.78 Å². The van der Waals surface area contributed by atoms with Gasteiger partial charge in [0.25, 0.3) is 0 Å². The van der Waals surface area contributed by atoms with Crippen LogP contribution in [0.3, 0.4) is 0 Å². The van der Waals surface area contributed by atoms with Gasteiger partial charge in [0, 0.05) is 36.9 Å². The van der Waals surface area contributed by atoms with Crippen molar-refractivity contribution >= 4 is 11.9 Å². The first-order valence-electron chi connectivity index (χ1n) is 29.9. The van der Waals surface area contributed by atoms with E-state index in [1.807, 2.05) is 41.3 Å². The summed E-state index contributed by atoms with van der Waals surface area (Å²) in [6.07, 6.45) is 27.8. The zero-order valence-corrected chi connectivity index (χ0v) is 46.0. The van der Waals surface area contributed by atoms with E-state index in [9.17, 15) is 9.59 Å². The molecule has 392 valence electrons. The standard InChI is InChI=1S/C37H51NO3.C28H41NO2/c1-23-13-15-36(5)28(17-23)11-12-30-29-14-16-37(20-25(3)31(29)19-32(30)36)26(4)34-33(41-37)18-24(2)21-38(34)35(39)40-22-27-9-7-6-8-10-27;1-16-15-28(18(3)26-25(31-28)8-5-17(2)29-26)12-10-21-22-7-6-19-13-20(30)9-11-27(19,4)24(22)14-23(16)21/h6-11,23-24,26,29-30,32-34H,12-22H2,1-5H3;13,17-18,21-22,24-26,29H,5-12,14-15H2,1-4H3/t23-,24-,26+,29-,30-,32-,33+,34-,36-,37-;17-,18-,21+,22+,24+,25-,26+,27+,28+/m01/s1. The number of carbonyl (C=O) groups excluding carboxylic acids is 2. The normalized spacial score (nSPS) is 47.0. The second kappa shape index (κ2) is 18.6. The van der Waals surface area contributed by atoms with Gasteiger partial charge < -0.3 is 24.4 Å². The molecule has 19 atom stereocenters. The molecule has 12 aliphatic rings. The van der Waals surface area contributed by atoms with Crippen LogP contribution < -0.4 is 5.32 Å². The summed E-state index contributed by atoms with van der Waals surface area (Å²) in [6.45, 7) is 22.9. The number of nitrogens with one attached hydrogen (secondary N) is 1. The average molecular weight is 981 g/mol. The Morgan fingerprint density at radius 3 is 2.12 bits per heavy atom. The Bertz CT molecular complexity index is 2420. The van der Waals surface area contributed by atoms with Gasteiger partial charge in [-0.3, -0.25) is 4.79 Å². The van der Waals surface area contributed by atoms with E-state index in [-0.39, 0.29) is 34.9 Å². The lowest BCUT2D eigenvalue weighted by atomic mass is 9.56. The van der Waals surface area contributed by atoms with Crippen LogP contribution in [0.5, 0.6) is 0 Å². The molecule has 0 unspecified atom stereocenters. The summed E-state index contributed by atoms with van der Waals surface area (Å²) in [6, 6.07) is 11.3. The van der Waals surface area contributed by atoms with E-state index in [4.69, 9.17) is 14.2 Å². The van der Waals surface area contributed by atoms with E-state index in [1.165, 1.54) is 82.6 Å². The van der Waals surface area contributed by atoms with Crippen LogP contribution >= 0.6 is 0 Å². The van der Waals surface area contributed by atoms with Gasteiger partial charge in [-0.1, -0.05) is 111 Å². The van der Waals surface area contributed by atoms with Crippen LogP contribution in [-0.2, 0) is 25.6 Å². The fraction of sp³-hybridized carbons (Fsp3) is 0.754. The fourth-order valence-corrected chi connectivity index (χ4v) is 19.8. The Kier molecular flexibility index (Phi) is 12.9. The van der Waals surface area contributed by atoms with Crippen molar-refractivity contribution in [2.24, 2.45) is 70.0 Å². The van der Waals surface area contributed by atoms with E-state index in [1.54, 1.807) is 27.9 Å². The maximum Gasteiger partial charge on any atom is 0.410 e. The number of likely N-dealkylation sites (tertiary alicyclic amines) is 1. The van der Waals surface area contributed by atoms with Crippen LogP contribution in [0.4, 0.5) is 4.79 Å². The van der Waals surface area contributed by atoms with Gasteiger partial charge in [-0.15, -0.1) is 0 Å². The van der Waals surface area contributed by atoms with Crippen molar-refractivity contribution in [2.75, 3.05) is 6.54 Å². The number of carbonyl (C=O) groups is 2. The second-order valence-electron chi connectivity index (χ2n) is 27.7. The van der Waals surface area contributed by atoms with Crippen LogP contribution in [0, 0.1) is 70.0 Å². The van der Waals surface area contributed by atoms with Crippen molar-refractivity contribution in [3.05, 3.63) is 81.5 Å². The van der Waals surface area contributed by atoms with Gasteiger partial charge in [0.05, 0.1) is 29.5 Å². The molecule has 4 saturated carbocycles. The molecule has 1 aromatic rings. The Morgan fingerprint density at radius 1 is 0.722 bits per heavy atom. The van der Waals surface area contributed by atoms with E-state index < -0.39 is 0 Å². The number of rotatable bonds is 2. The monoisotopic (exact) mass is 981 g/mol. The maximum absolute atomic E-state index is 13.5. The molecule has 0 aromatic heterocycles. The Labute approximate surface area is 434 Å². The first kappa shape index (κ1) is 49.9. The summed E-state index contributed by atoms with van der Waals surface area (Å²) in [4.78, 5) is 27.7. The third-order valence-corrected chi connectivity index (χ3v) is 23.8. The Balaban J connectivity index is 0.000000153. The van der Waals surface area contributed by atoms with Gasteiger partial charge in [0.2, 0.25) is 0 Å². The summed E-state index contributed by atoms with van der Waals surface area (Å²) in [5, 5.41) is 3.90. The number of amides is 1. The summed E-state index contributed by atoms with van der Waals surface area (Å²) < 4.78 is 20.1. The number of hydrogen-bond acceptors (Lipinski definition) is 6. The number of allylic oxidation sites excluding steroid dienone is 6. The van der Waals surface area contributed by atoms with Crippen molar-refractivity contribution in [3.8, 4) is 0 Å². The van der Waals surface area contributed by atoms with Crippen LogP contribution in [-0.4, -0.2) is 64.9 Å². The third-order valence-electron chi connectivity index (χ3n) is 23.8. The minimum atomic E-state index is -0.175. The molecule has 1 amide bonds. The van der Waals surface area contributed by atoms with Crippen molar-refractivity contribution < 1.29 is 23.8 Å². The molecular weight excluding hydrogens is 889 g/mol. The largest absolute Gasteiger partial charge is 0.445 e. The van der Waals surface area contributed by atoms with Crippen molar-refractivity contribution in [3.63, 3.8) is 0 Å². The molecule has 7 heteroatoms. The molecule has 4 aliphatic heterocycles. The molecule has 0 bridgehead atoms. The third kappa shape index (κ3) is 8.17. The molecular formula is C65H92N2O5. The lowest BCUT2D eigenvalue weighted by Gasteiger charge is -2.49. The van der Waals surface area contributed by atoms with Gasteiger partial charge in [-0.2, -0.15) is 0 Å². The van der Waals surface area contributed by atoms with E-state index in [0.717, 1.165) is 92.6 Å². The van der Waals surface area contributed by atoms with Crippen molar-refractivity contribution in [2.45, 2.75) is 232 Å². The average Bonchev–Trinajstić information content (AvgIpc) is 4.04. The summed E-state index contributed by atoms with van der Waals surface area (Å²) in [5.74, 6) is 7.15. The maximum atomic E-state index is 13.5. The molecule has 1 aromatic carbocycles.